The first-order chi connectivity index (χ1) is 13.5. The van der Waals surface area contributed by atoms with Gasteiger partial charge >= 0.3 is 0 Å². The number of benzene rings is 2. The van der Waals surface area contributed by atoms with Crippen LogP contribution in [0.1, 0.15) is 41.8 Å². The van der Waals surface area contributed by atoms with Gasteiger partial charge in [0.2, 0.25) is 0 Å². The minimum Gasteiger partial charge on any atom is -0.325 e. The van der Waals surface area contributed by atoms with E-state index in [4.69, 9.17) is 4.98 Å². The molecule has 2 heterocycles. The van der Waals surface area contributed by atoms with Crippen molar-refractivity contribution in [2.75, 3.05) is 18.4 Å². The lowest BCUT2D eigenvalue weighted by molar-refractivity contribution is -0.919. The number of para-hydroxylation sites is 2. The lowest BCUT2D eigenvalue weighted by Gasteiger charge is -2.32. The summed E-state index contributed by atoms with van der Waals surface area (Å²) in [5, 5.41) is 4.42. The monoisotopic (exact) mass is 394 g/mol. The van der Waals surface area contributed by atoms with Gasteiger partial charge in [-0.2, -0.15) is 0 Å². The number of fused-ring (bicyclic) bond motifs is 1. The summed E-state index contributed by atoms with van der Waals surface area (Å²) in [6.45, 7) is 8.17. The molecule has 1 fully saturated rings. The summed E-state index contributed by atoms with van der Waals surface area (Å²) < 4.78 is 1.27. The molecule has 0 radical (unpaired) electrons. The minimum atomic E-state index is -0.0460. The molecule has 1 aromatic heterocycles. The van der Waals surface area contributed by atoms with Crippen LogP contribution in [0.15, 0.2) is 42.5 Å². The Hall–Kier alpha value is -2.24. The van der Waals surface area contributed by atoms with Crippen LogP contribution < -0.4 is 10.2 Å². The van der Waals surface area contributed by atoms with E-state index in [1.807, 2.05) is 43.4 Å². The number of piperidine rings is 1. The molecule has 1 atom stereocenters. The Balaban J connectivity index is 1.38. The van der Waals surface area contributed by atoms with Crippen molar-refractivity contribution in [2.45, 2.75) is 45.6 Å². The minimum absolute atomic E-state index is 0.0460. The normalized spacial score (nSPS) is 20.8. The zero-order chi connectivity index (χ0) is 19.7. The molecule has 5 heteroatoms. The second kappa shape index (κ2) is 8.02. The Morgan fingerprint density at radius 3 is 2.46 bits per heavy atom. The second-order valence-corrected chi connectivity index (χ2v) is 8.99. The van der Waals surface area contributed by atoms with Crippen molar-refractivity contribution in [1.29, 1.82) is 0 Å². The van der Waals surface area contributed by atoms with Crippen molar-refractivity contribution in [3.05, 3.63) is 58.6 Å². The molecule has 4 nitrogen and oxygen atoms in total. The van der Waals surface area contributed by atoms with E-state index < -0.39 is 0 Å². The zero-order valence-corrected chi connectivity index (χ0v) is 17.6. The highest BCUT2D eigenvalue weighted by Gasteiger charge is 2.32. The van der Waals surface area contributed by atoms with Gasteiger partial charge in [-0.25, -0.2) is 4.98 Å². The predicted octanol–water partition coefficient (Wildman–Crippen LogP) is 3.70. The molecule has 3 aromatic rings. The lowest BCUT2D eigenvalue weighted by Crippen LogP contribution is -3.17. The molecule has 28 heavy (non-hydrogen) atoms. The molecule has 0 unspecified atom stereocenters. The van der Waals surface area contributed by atoms with Crippen molar-refractivity contribution in [2.24, 2.45) is 0 Å². The average Bonchev–Trinajstić information content (AvgIpc) is 3.14. The van der Waals surface area contributed by atoms with Crippen LogP contribution in [-0.4, -0.2) is 30.0 Å². The number of carbonyl (C=O) groups is 1. The van der Waals surface area contributed by atoms with Gasteiger partial charge in [-0.15, -0.1) is 11.3 Å². The van der Waals surface area contributed by atoms with Gasteiger partial charge < -0.3 is 10.2 Å². The summed E-state index contributed by atoms with van der Waals surface area (Å²) in [6, 6.07) is 14.4. The standard InChI is InChI=1S/C23H27N3OS/c1-15-7-6-8-16(2)21(15)25-22(27)17(3)26-13-11-18(12-14-26)23-24-19-9-4-5-10-20(19)28-23/h4-10,17-18H,11-14H2,1-3H3,(H,25,27)/p+1/t17-/m0/s1. The molecule has 1 aliphatic heterocycles. The first-order valence-corrected chi connectivity index (χ1v) is 10.9. The van der Waals surface area contributed by atoms with Crippen LogP contribution in [0, 0.1) is 13.8 Å². The van der Waals surface area contributed by atoms with E-state index >= 15 is 0 Å². The summed E-state index contributed by atoms with van der Waals surface area (Å²) in [4.78, 5) is 19.1. The second-order valence-electron chi connectivity index (χ2n) is 7.93. The van der Waals surface area contributed by atoms with Gasteiger partial charge in [0.05, 0.1) is 28.3 Å². The van der Waals surface area contributed by atoms with Gasteiger partial charge in [0, 0.05) is 24.4 Å². The number of hydrogen-bond acceptors (Lipinski definition) is 3. The number of nitrogens with zero attached hydrogens (tertiary/aromatic N) is 1. The summed E-state index contributed by atoms with van der Waals surface area (Å²) >= 11 is 1.83. The number of nitrogens with one attached hydrogen (secondary N) is 2. The number of thiazole rings is 1. The molecule has 1 aliphatic rings. The van der Waals surface area contributed by atoms with Gasteiger partial charge in [-0.3, -0.25) is 4.79 Å². The number of quaternary nitrogens is 1. The molecule has 0 aliphatic carbocycles. The van der Waals surface area contributed by atoms with E-state index in [1.165, 1.54) is 14.6 Å². The molecule has 0 spiro atoms. The summed E-state index contributed by atoms with van der Waals surface area (Å²) in [5.41, 5.74) is 4.30. The number of carbonyl (C=O) groups excluding carboxylic acids is 1. The van der Waals surface area contributed by atoms with Crippen LogP contribution in [0.25, 0.3) is 10.2 Å². The summed E-state index contributed by atoms with van der Waals surface area (Å²) in [6.07, 6.45) is 2.19. The quantitative estimate of drug-likeness (QED) is 0.709. The highest BCUT2D eigenvalue weighted by Crippen LogP contribution is 2.31. The number of aromatic nitrogens is 1. The number of rotatable bonds is 4. The smallest absolute Gasteiger partial charge is 0.282 e. The van der Waals surface area contributed by atoms with E-state index in [-0.39, 0.29) is 11.9 Å². The van der Waals surface area contributed by atoms with Gasteiger partial charge in [0.15, 0.2) is 6.04 Å². The maximum atomic E-state index is 12.8. The zero-order valence-electron chi connectivity index (χ0n) is 16.8. The Morgan fingerprint density at radius 2 is 1.79 bits per heavy atom. The number of hydrogen-bond donors (Lipinski definition) is 2. The molecule has 4 rings (SSSR count). The molecular weight excluding hydrogens is 366 g/mol. The first kappa shape index (κ1) is 19.1. The maximum absolute atomic E-state index is 12.8. The molecule has 2 aromatic carbocycles. The van der Waals surface area contributed by atoms with Gasteiger partial charge in [-0.1, -0.05) is 30.3 Å². The van der Waals surface area contributed by atoms with Crippen LogP contribution in [0.5, 0.6) is 0 Å². The largest absolute Gasteiger partial charge is 0.325 e. The molecule has 0 saturated carbocycles. The summed E-state index contributed by atoms with van der Waals surface area (Å²) in [5.74, 6) is 0.640. The van der Waals surface area contributed by atoms with Crippen molar-refractivity contribution in [1.82, 2.24) is 4.98 Å². The van der Waals surface area contributed by atoms with Crippen molar-refractivity contribution in [3.8, 4) is 0 Å². The molecule has 1 amide bonds. The third kappa shape index (κ3) is 3.82. The Kier molecular flexibility index (Phi) is 5.47. The third-order valence-electron chi connectivity index (χ3n) is 6.02. The number of anilines is 1. The highest BCUT2D eigenvalue weighted by molar-refractivity contribution is 7.18. The van der Waals surface area contributed by atoms with Crippen molar-refractivity contribution < 1.29 is 9.69 Å². The number of aryl methyl sites for hydroxylation is 2. The molecule has 146 valence electrons. The van der Waals surface area contributed by atoms with Gasteiger partial charge in [0.25, 0.3) is 5.91 Å². The number of likely N-dealkylation sites (tertiary alicyclic amines) is 1. The SMILES string of the molecule is Cc1cccc(C)c1NC(=O)[C@H](C)[NH+]1CCC(c2nc3ccccc3s2)CC1. The van der Waals surface area contributed by atoms with Crippen LogP contribution in [0.2, 0.25) is 0 Å². The van der Waals surface area contributed by atoms with E-state index in [2.05, 4.69) is 36.5 Å². The maximum Gasteiger partial charge on any atom is 0.282 e. The molecular formula is C23H28N3OS+. The Labute approximate surface area is 170 Å². The molecule has 1 saturated heterocycles. The van der Waals surface area contributed by atoms with E-state index in [9.17, 15) is 4.79 Å². The van der Waals surface area contributed by atoms with Crippen LogP contribution in [0.4, 0.5) is 5.69 Å². The topological polar surface area (TPSA) is 46.4 Å². The molecule has 0 bridgehead atoms. The fraction of sp³-hybridized carbons (Fsp3) is 0.391. The van der Waals surface area contributed by atoms with Crippen molar-refractivity contribution >= 4 is 33.1 Å². The van der Waals surface area contributed by atoms with E-state index in [1.54, 1.807) is 0 Å². The lowest BCUT2D eigenvalue weighted by atomic mass is 9.96. The van der Waals surface area contributed by atoms with Gasteiger partial charge in [-0.05, 0) is 44.0 Å². The van der Waals surface area contributed by atoms with E-state index in [0.717, 1.165) is 48.3 Å². The summed E-state index contributed by atoms with van der Waals surface area (Å²) in [7, 11) is 0. The fourth-order valence-electron chi connectivity index (χ4n) is 4.16. The van der Waals surface area contributed by atoms with Crippen LogP contribution in [0.3, 0.4) is 0 Å². The average molecular weight is 395 g/mol. The number of amides is 1. The Morgan fingerprint density at radius 1 is 1.11 bits per heavy atom. The highest BCUT2D eigenvalue weighted by atomic mass is 32.1. The van der Waals surface area contributed by atoms with Crippen molar-refractivity contribution in [3.63, 3.8) is 0 Å². The third-order valence-corrected chi connectivity index (χ3v) is 7.22. The predicted molar refractivity (Wildman–Crippen MR) is 116 cm³/mol. The molecule has 2 N–H and O–H groups in total. The fourth-order valence-corrected chi connectivity index (χ4v) is 5.30. The van der Waals surface area contributed by atoms with Crippen LogP contribution >= 0.6 is 11.3 Å². The van der Waals surface area contributed by atoms with Gasteiger partial charge in [0.1, 0.15) is 0 Å². The first-order valence-electron chi connectivity index (χ1n) is 10.1. The van der Waals surface area contributed by atoms with E-state index in [0.29, 0.717) is 5.92 Å². The Bertz CT molecular complexity index is 935. The van der Waals surface area contributed by atoms with Crippen LogP contribution in [-0.2, 0) is 4.79 Å².